The van der Waals surface area contributed by atoms with Crippen molar-refractivity contribution in [3.8, 4) is 0 Å². The lowest BCUT2D eigenvalue weighted by Gasteiger charge is -2.29. The fourth-order valence-corrected chi connectivity index (χ4v) is 2.89. The monoisotopic (exact) mass is 298 g/mol. The van der Waals surface area contributed by atoms with Crippen molar-refractivity contribution in [2.75, 3.05) is 16.3 Å². The van der Waals surface area contributed by atoms with Crippen LogP contribution < -0.4 is 9.80 Å². The summed E-state index contributed by atoms with van der Waals surface area (Å²) in [4.78, 5) is 23.4. The Kier molecular flexibility index (Phi) is 4.13. The number of imidazole rings is 1. The van der Waals surface area contributed by atoms with Crippen LogP contribution in [0.3, 0.4) is 0 Å². The summed E-state index contributed by atoms with van der Waals surface area (Å²) < 4.78 is 0. The Morgan fingerprint density at radius 3 is 2.91 bits per heavy atom. The van der Waals surface area contributed by atoms with Gasteiger partial charge in [0.2, 0.25) is 5.91 Å². The Labute approximate surface area is 131 Å². The topological polar surface area (TPSA) is 52.2 Å². The van der Waals surface area contributed by atoms with Gasteiger partial charge in [0.15, 0.2) is 0 Å². The molecule has 1 saturated heterocycles. The van der Waals surface area contributed by atoms with E-state index in [1.807, 2.05) is 23.2 Å². The Balaban J connectivity index is 1.86. The first-order valence-corrected chi connectivity index (χ1v) is 7.79. The van der Waals surface area contributed by atoms with Gasteiger partial charge in [0.05, 0.1) is 18.6 Å². The van der Waals surface area contributed by atoms with Gasteiger partial charge in [-0.2, -0.15) is 0 Å². The minimum Gasteiger partial charge on any atom is -0.363 e. The van der Waals surface area contributed by atoms with Crippen molar-refractivity contribution in [2.24, 2.45) is 0 Å². The number of hydrogen-bond donors (Lipinski definition) is 1. The number of benzene rings is 1. The second-order valence-electron chi connectivity index (χ2n) is 5.97. The Morgan fingerprint density at radius 1 is 1.41 bits per heavy atom. The number of nitrogens with one attached hydrogen (secondary N) is 1. The highest BCUT2D eigenvalue weighted by Gasteiger charge is 2.22. The highest BCUT2D eigenvalue weighted by molar-refractivity contribution is 5.95. The lowest BCUT2D eigenvalue weighted by Crippen LogP contribution is -2.31. The summed E-state index contributed by atoms with van der Waals surface area (Å²) in [5.41, 5.74) is 3.20. The molecule has 1 amide bonds. The van der Waals surface area contributed by atoms with Crippen molar-refractivity contribution in [1.82, 2.24) is 9.97 Å². The van der Waals surface area contributed by atoms with Gasteiger partial charge in [0, 0.05) is 36.6 Å². The first-order chi connectivity index (χ1) is 10.6. The average Bonchev–Trinajstić information content (AvgIpc) is 3.16. The van der Waals surface area contributed by atoms with Crippen LogP contribution in [0.25, 0.3) is 0 Å². The summed E-state index contributed by atoms with van der Waals surface area (Å²) in [7, 11) is 0. The molecule has 22 heavy (non-hydrogen) atoms. The summed E-state index contributed by atoms with van der Waals surface area (Å²) >= 11 is 0. The van der Waals surface area contributed by atoms with E-state index < -0.39 is 0 Å². The van der Waals surface area contributed by atoms with Crippen LogP contribution in [0.1, 0.15) is 32.4 Å². The van der Waals surface area contributed by atoms with Crippen molar-refractivity contribution in [3.63, 3.8) is 0 Å². The number of anilines is 2. The quantitative estimate of drug-likeness (QED) is 0.923. The molecule has 0 spiro atoms. The second-order valence-corrected chi connectivity index (χ2v) is 5.97. The summed E-state index contributed by atoms with van der Waals surface area (Å²) in [6.07, 6.45) is 5.16. The molecule has 1 fully saturated rings. The fraction of sp³-hybridized carbons (Fsp3) is 0.412. The first kappa shape index (κ1) is 14.6. The van der Waals surface area contributed by atoms with E-state index in [9.17, 15) is 4.79 Å². The Bertz CT molecular complexity index is 636. The summed E-state index contributed by atoms with van der Waals surface area (Å²) in [5, 5.41) is 0. The van der Waals surface area contributed by atoms with Crippen molar-refractivity contribution in [1.29, 1.82) is 0 Å². The SMILES string of the molecule is CC(C)N(Cc1cnc[nH]1)c1cccc(N2CCCC2=O)c1. The van der Waals surface area contributed by atoms with Crippen molar-refractivity contribution in [3.05, 3.63) is 42.5 Å². The van der Waals surface area contributed by atoms with Crippen molar-refractivity contribution < 1.29 is 4.79 Å². The van der Waals surface area contributed by atoms with Crippen LogP contribution >= 0.6 is 0 Å². The molecule has 2 heterocycles. The minimum absolute atomic E-state index is 0.224. The first-order valence-electron chi connectivity index (χ1n) is 7.79. The van der Waals surface area contributed by atoms with E-state index in [1.165, 1.54) is 0 Å². The zero-order valence-electron chi connectivity index (χ0n) is 13.1. The Hall–Kier alpha value is -2.30. The third-order valence-electron chi connectivity index (χ3n) is 4.07. The molecular formula is C17H22N4O. The number of aromatic nitrogens is 2. The summed E-state index contributed by atoms with van der Waals surface area (Å²) in [6, 6.07) is 8.60. The number of rotatable bonds is 5. The van der Waals surface area contributed by atoms with Gasteiger partial charge >= 0.3 is 0 Å². The molecule has 0 atom stereocenters. The lowest BCUT2D eigenvalue weighted by atomic mass is 10.2. The van der Waals surface area contributed by atoms with Gasteiger partial charge < -0.3 is 14.8 Å². The van der Waals surface area contributed by atoms with E-state index in [-0.39, 0.29) is 5.91 Å². The molecule has 5 heteroatoms. The molecular weight excluding hydrogens is 276 g/mol. The molecule has 0 saturated carbocycles. The zero-order valence-corrected chi connectivity index (χ0v) is 13.1. The molecule has 0 unspecified atom stereocenters. The highest BCUT2D eigenvalue weighted by atomic mass is 16.2. The van der Waals surface area contributed by atoms with Crippen LogP contribution in [0, 0.1) is 0 Å². The number of carbonyl (C=O) groups excluding carboxylic acids is 1. The van der Waals surface area contributed by atoms with E-state index in [2.05, 4.69) is 40.8 Å². The number of hydrogen-bond acceptors (Lipinski definition) is 3. The second kappa shape index (κ2) is 6.22. The van der Waals surface area contributed by atoms with E-state index in [0.717, 1.165) is 36.6 Å². The number of carbonyl (C=O) groups is 1. The summed E-state index contributed by atoms with van der Waals surface area (Å²) in [6.45, 7) is 5.94. The van der Waals surface area contributed by atoms with E-state index in [4.69, 9.17) is 0 Å². The summed E-state index contributed by atoms with van der Waals surface area (Å²) in [5.74, 6) is 0.224. The number of amides is 1. The molecule has 0 aliphatic carbocycles. The predicted octanol–water partition coefficient (Wildman–Crippen LogP) is 2.95. The third kappa shape index (κ3) is 2.98. The van der Waals surface area contributed by atoms with Gasteiger partial charge in [0.25, 0.3) is 0 Å². The smallest absolute Gasteiger partial charge is 0.227 e. The third-order valence-corrected chi connectivity index (χ3v) is 4.07. The lowest BCUT2D eigenvalue weighted by molar-refractivity contribution is -0.117. The molecule has 5 nitrogen and oxygen atoms in total. The minimum atomic E-state index is 0.224. The van der Waals surface area contributed by atoms with Crippen LogP contribution in [0.2, 0.25) is 0 Å². The maximum atomic E-state index is 11.9. The van der Waals surface area contributed by atoms with Gasteiger partial charge in [0.1, 0.15) is 0 Å². The van der Waals surface area contributed by atoms with E-state index in [1.54, 1.807) is 6.33 Å². The van der Waals surface area contributed by atoms with Gasteiger partial charge in [-0.1, -0.05) is 6.07 Å². The highest BCUT2D eigenvalue weighted by Crippen LogP contribution is 2.27. The predicted molar refractivity (Wildman–Crippen MR) is 87.9 cm³/mol. The van der Waals surface area contributed by atoms with Gasteiger partial charge in [-0.3, -0.25) is 4.79 Å². The van der Waals surface area contributed by atoms with Crippen LogP contribution in [0.5, 0.6) is 0 Å². The normalized spacial score (nSPS) is 14.9. The zero-order chi connectivity index (χ0) is 15.5. The maximum Gasteiger partial charge on any atom is 0.227 e. The molecule has 1 N–H and O–H groups in total. The Morgan fingerprint density at radius 2 is 2.27 bits per heavy atom. The molecule has 3 rings (SSSR count). The van der Waals surface area contributed by atoms with Crippen LogP contribution in [-0.2, 0) is 11.3 Å². The largest absolute Gasteiger partial charge is 0.363 e. The molecule has 116 valence electrons. The van der Waals surface area contributed by atoms with Gasteiger partial charge in [-0.25, -0.2) is 4.98 Å². The maximum absolute atomic E-state index is 11.9. The average molecular weight is 298 g/mol. The van der Waals surface area contributed by atoms with Crippen molar-refractivity contribution in [2.45, 2.75) is 39.3 Å². The van der Waals surface area contributed by atoms with E-state index >= 15 is 0 Å². The molecule has 1 aromatic carbocycles. The van der Waals surface area contributed by atoms with Gasteiger partial charge in [-0.05, 0) is 38.5 Å². The molecule has 1 aliphatic rings. The molecule has 0 bridgehead atoms. The number of nitrogens with zero attached hydrogens (tertiary/aromatic N) is 3. The number of aromatic amines is 1. The van der Waals surface area contributed by atoms with Crippen LogP contribution in [0.4, 0.5) is 11.4 Å². The van der Waals surface area contributed by atoms with Crippen molar-refractivity contribution >= 4 is 17.3 Å². The van der Waals surface area contributed by atoms with Gasteiger partial charge in [-0.15, -0.1) is 0 Å². The van der Waals surface area contributed by atoms with E-state index in [0.29, 0.717) is 12.5 Å². The molecule has 1 aliphatic heterocycles. The van der Waals surface area contributed by atoms with Crippen LogP contribution in [0.15, 0.2) is 36.8 Å². The molecule has 0 radical (unpaired) electrons. The fourth-order valence-electron chi connectivity index (χ4n) is 2.89. The van der Waals surface area contributed by atoms with Crippen LogP contribution in [-0.4, -0.2) is 28.5 Å². The molecule has 1 aromatic heterocycles. The standard InChI is InChI=1S/C17H22N4O/c1-13(2)21(11-14-10-18-12-19-14)16-6-3-5-15(9-16)20-8-4-7-17(20)22/h3,5-6,9-10,12-13H,4,7-8,11H2,1-2H3,(H,18,19). The number of H-pyrrole nitrogens is 1. The molecule has 2 aromatic rings.